The van der Waals surface area contributed by atoms with Gasteiger partial charge in [0.05, 0.1) is 4.92 Å². The van der Waals surface area contributed by atoms with Crippen molar-refractivity contribution >= 4 is 40.0 Å². The first-order valence-corrected chi connectivity index (χ1v) is 8.99. The van der Waals surface area contributed by atoms with Gasteiger partial charge in [0.1, 0.15) is 5.82 Å². The first kappa shape index (κ1) is 20.1. The first-order chi connectivity index (χ1) is 13.8. The molecule has 0 aliphatic carbocycles. The average Bonchev–Trinajstić information content (AvgIpc) is 2.70. The van der Waals surface area contributed by atoms with Gasteiger partial charge in [-0.05, 0) is 49.4 Å². The molecular formula is C21H17FN3O3S+. The van der Waals surface area contributed by atoms with Crippen LogP contribution in [0.25, 0.3) is 11.5 Å². The summed E-state index contributed by atoms with van der Waals surface area (Å²) in [5.41, 5.74) is 2.05. The van der Waals surface area contributed by atoms with Gasteiger partial charge in [0.15, 0.2) is 23.1 Å². The number of hydrogen-bond acceptors (Lipinski definition) is 4. The van der Waals surface area contributed by atoms with Gasteiger partial charge in [-0.2, -0.15) is 4.57 Å². The molecule has 0 saturated carbocycles. The summed E-state index contributed by atoms with van der Waals surface area (Å²) in [7, 11) is 0. The predicted molar refractivity (Wildman–Crippen MR) is 113 cm³/mol. The van der Waals surface area contributed by atoms with E-state index >= 15 is 0 Å². The van der Waals surface area contributed by atoms with E-state index in [1.54, 1.807) is 23.0 Å². The molecule has 3 rings (SSSR count). The number of thiocarbonyl (C=S) groups is 1. The monoisotopic (exact) mass is 410 g/mol. The molecule has 29 heavy (non-hydrogen) atoms. The Morgan fingerprint density at radius 1 is 1.14 bits per heavy atom. The largest absolute Gasteiger partial charge is 0.502 e. The Morgan fingerprint density at radius 3 is 2.38 bits per heavy atom. The number of benzene rings is 2. The molecule has 0 spiro atoms. The number of aromatic nitrogens is 1. The summed E-state index contributed by atoms with van der Waals surface area (Å²) in [5.74, 6) is -0.533. The number of nitro groups is 1. The number of hydrogen-bond donors (Lipinski definition) is 2. The summed E-state index contributed by atoms with van der Waals surface area (Å²) in [6, 6.07) is 14.9. The number of nitrogens with one attached hydrogen (secondary N) is 1. The number of aliphatic hydroxyl groups is 1. The smallest absolute Gasteiger partial charge is 0.288 e. The lowest BCUT2D eigenvalue weighted by atomic mass is 10.1. The molecule has 1 heterocycles. The van der Waals surface area contributed by atoms with Gasteiger partial charge in [-0.3, -0.25) is 10.1 Å². The average molecular weight is 410 g/mol. The lowest BCUT2D eigenvalue weighted by molar-refractivity contribution is -0.576. The highest BCUT2D eigenvalue weighted by molar-refractivity contribution is 7.81. The first-order valence-electron chi connectivity index (χ1n) is 8.58. The van der Waals surface area contributed by atoms with Crippen LogP contribution in [0.4, 0.5) is 15.8 Å². The van der Waals surface area contributed by atoms with Gasteiger partial charge in [-0.25, -0.2) is 4.39 Å². The topological polar surface area (TPSA) is 79.3 Å². The zero-order valence-corrected chi connectivity index (χ0v) is 16.2. The molecule has 2 aromatic carbocycles. The van der Waals surface area contributed by atoms with Crippen LogP contribution in [0.1, 0.15) is 11.1 Å². The maximum Gasteiger partial charge on any atom is 0.288 e. The van der Waals surface area contributed by atoms with E-state index in [0.29, 0.717) is 11.3 Å². The van der Waals surface area contributed by atoms with Gasteiger partial charge in [-0.1, -0.05) is 12.2 Å². The second-order valence-corrected chi connectivity index (χ2v) is 6.66. The molecule has 0 atom stereocenters. The van der Waals surface area contributed by atoms with Gasteiger partial charge in [0, 0.05) is 35.0 Å². The molecule has 0 amide bonds. The third-order valence-corrected chi connectivity index (χ3v) is 4.40. The SMILES string of the molecule is Cc1ccc[n+](/C(C(=S)Nc2ccc(F)cc2)=C(\O)c2ccc([N+](=O)[O-])cc2)c1. The molecule has 146 valence electrons. The minimum absolute atomic E-state index is 0.0849. The van der Waals surface area contributed by atoms with E-state index in [0.717, 1.165) is 5.56 Å². The molecule has 1 aromatic heterocycles. The molecular weight excluding hydrogens is 393 g/mol. The number of anilines is 1. The van der Waals surface area contributed by atoms with E-state index in [9.17, 15) is 19.6 Å². The maximum atomic E-state index is 13.2. The Morgan fingerprint density at radius 2 is 1.79 bits per heavy atom. The third-order valence-electron chi connectivity index (χ3n) is 4.10. The highest BCUT2D eigenvalue weighted by atomic mass is 32.1. The van der Waals surface area contributed by atoms with Crippen molar-refractivity contribution in [3.05, 3.63) is 100 Å². The number of nitro benzene ring substituents is 1. The van der Waals surface area contributed by atoms with E-state index in [-0.39, 0.29) is 27.9 Å². The number of pyridine rings is 1. The van der Waals surface area contributed by atoms with Crippen molar-refractivity contribution < 1.29 is 19.0 Å². The molecule has 0 aliphatic heterocycles. The lowest BCUT2D eigenvalue weighted by Gasteiger charge is -2.10. The second-order valence-electron chi connectivity index (χ2n) is 6.25. The summed E-state index contributed by atoms with van der Waals surface area (Å²) >= 11 is 5.51. The van der Waals surface area contributed by atoms with Crippen molar-refractivity contribution in [2.45, 2.75) is 6.92 Å². The molecule has 0 radical (unpaired) electrons. The van der Waals surface area contributed by atoms with E-state index in [4.69, 9.17) is 12.2 Å². The Bertz CT molecular complexity index is 1100. The Balaban J connectivity index is 2.06. The molecule has 8 heteroatoms. The fourth-order valence-corrected chi connectivity index (χ4v) is 3.00. The summed E-state index contributed by atoms with van der Waals surface area (Å²) in [5, 5.41) is 24.8. The van der Waals surface area contributed by atoms with Crippen LogP contribution in [0, 0.1) is 22.9 Å². The van der Waals surface area contributed by atoms with Crippen LogP contribution in [0.3, 0.4) is 0 Å². The van der Waals surface area contributed by atoms with Crippen molar-refractivity contribution in [1.29, 1.82) is 0 Å². The van der Waals surface area contributed by atoms with Gasteiger partial charge in [0.2, 0.25) is 0 Å². The molecule has 0 bridgehead atoms. The molecule has 0 saturated heterocycles. The fourth-order valence-electron chi connectivity index (χ4n) is 2.68. The zero-order valence-electron chi connectivity index (χ0n) is 15.4. The van der Waals surface area contributed by atoms with E-state index in [1.165, 1.54) is 48.5 Å². The van der Waals surface area contributed by atoms with Crippen LogP contribution < -0.4 is 9.88 Å². The van der Waals surface area contributed by atoms with Crippen molar-refractivity contribution in [3.8, 4) is 0 Å². The number of non-ortho nitro benzene ring substituents is 1. The van der Waals surface area contributed by atoms with E-state index < -0.39 is 4.92 Å². The number of aryl methyl sites for hydroxylation is 1. The van der Waals surface area contributed by atoms with Gasteiger partial charge >= 0.3 is 0 Å². The van der Waals surface area contributed by atoms with Crippen molar-refractivity contribution in [1.82, 2.24) is 0 Å². The maximum absolute atomic E-state index is 13.2. The number of rotatable bonds is 5. The molecule has 2 N–H and O–H groups in total. The standard InChI is InChI=1S/C21H16FN3O3S/c1-14-3-2-12-24(13-14)19(21(29)23-17-8-6-16(22)7-9-17)20(26)15-4-10-18(11-5-15)25(27)28/h2-13H,1H3,(H-,23,26,29)/p+1. The second kappa shape index (κ2) is 8.57. The minimum Gasteiger partial charge on any atom is -0.502 e. The Kier molecular flexibility index (Phi) is 5.94. The highest BCUT2D eigenvalue weighted by Crippen LogP contribution is 2.22. The van der Waals surface area contributed by atoms with E-state index in [2.05, 4.69) is 5.32 Å². The quantitative estimate of drug-likeness (QED) is 0.160. The summed E-state index contributed by atoms with van der Waals surface area (Å²) in [4.78, 5) is 10.6. The van der Waals surface area contributed by atoms with Crippen molar-refractivity contribution in [2.24, 2.45) is 0 Å². The highest BCUT2D eigenvalue weighted by Gasteiger charge is 2.24. The van der Waals surface area contributed by atoms with Crippen LogP contribution >= 0.6 is 12.2 Å². The summed E-state index contributed by atoms with van der Waals surface area (Å²) < 4.78 is 14.8. The molecule has 0 aliphatic rings. The van der Waals surface area contributed by atoms with Crippen LogP contribution in [-0.2, 0) is 0 Å². The van der Waals surface area contributed by atoms with Crippen molar-refractivity contribution in [2.75, 3.05) is 5.32 Å². The van der Waals surface area contributed by atoms with Crippen LogP contribution in [-0.4, -0.2) is 15.0 Å². The zero-order chi connectivity index (χ0) is 21.0. The lowest BCUT2D eigenvalue weighted by Crippen LogP contribution is -2.38. The number of nitrogens with zero attached hydrogens (tertiary/aromatic N) is 2. The van der Waals surface area contributed by atoms with Crippen LogP contribution in [0.2, 0.25) is 0 Å². The number of aliphatic hydroxyl groups excluding tert-OH is 1. The van der Waals surface area contributed by atoms with Crippen LogP contribution in [0.5, 0.6) is 0 Å². The molecule has 6 nitrogen and oxygen atoms in total. The van der Waals surface area contributed by atoms with E-state index in [1.807, 2.05) is 13.0 Å². The molecule has 3 aromatic rings. The molecule has 0 unspecified atom stereocenters. The minimum atomic E-state index is -0.512. The third kappa shape index (κ3) is 4.80. The summed E-state index contributed by atoms with van der Waals surface area (Å²) in [6.07, 6.45) is 3.51. The number of halogens is 1. The summed E-state index contributed by atoms with van der Waals surface area (Å²) in [6.45, 7) is 1.90. The Labute approximate surface area is 171 Å². The fraction of sp³-hybridized carbons (Fsp3) is 0.0476. The van der Waals surface area contributed by atoms with Crippen molar-refractivity contribution in [3.63, 3.8) is 0 Å². The van der Waals surface area contributed by atoms with Gasteiger partial charge < -0.3 is 10.4 Å². The van der Waals surface area contributed by atoms with Gasteiger partial charge in [-0.15, -0.1) is 0 Å². The Hall–Kier alpha value is -3.65. The molecule has 0 fully saturated rings. The van der Waals surface area contributed by atoms with Gasteiger partial charge in [0.25, 0.3) is 11.4 Å². The normalized spacial score (nSPS) is 11.5. The van der Waals surface area contributed by atoms with Crippen LogP contribution in [0.15, 0.2) is 73.1 Å². The predicted octanol–water partition coefficient (Wildman–Crippen LogP) is 4.65.